The minimum Gasteiger partial charge on any atom is -0.512 e. The second-order valence-electron chi connectivity index (χ2n) is 0. The first-order valence-electron chi connectivity index (χ1n) is 0.447. The number of hydrogen-bond donors (Lipinski definition) is 0. The van der Waals surface area contributed by atoms with Crippen LogP contribution in [0.3, 0.4) is 0 Å². The molecule has 1 radical (unpaired) electrons. The summed E-state index contributed by atoms with van der Waals surface area (Å²) in [5.41, 5.74) is 0. The summed E-state index contributed by atoms with van der Waals surface area (Å²) in [6.45, 7) is 9.50. The van der Waals surface area contributed by atoms with E-state index in [0.29, 0.717) is 0 Å². The van der Waals surface area contributed by atoms with Gasteiger partial charge in [-0.25, -0.2) is 0 Å². The Morgan fingerprint density at radius 2 is 0.833 bits per heavy atom. The second-order valence-corrected chi connectivity index (χ2v) is 0. The van der Waals surface area contributed by atoms with E-state index in [-0.39, 0.29) is 52.7 Å². The van der Waals surface area contributed by atoms with Crippen molar-refractivity contribution < 1.29 is 52.7 Å². The molecule has 0 aliphatic carbocycles. The molecule has 0 fully saturated rings. The Hall–Kier alpha value is 0.694. The van der Waals surface area contributed by atoms with E-state index in [1.807, 2.05) is 0 Å². The molecule has 0 aliphatic rings. The summed E-state index contributed by atoms with van der Waals surface area (Å²) in [6, 6.07) is 0. The third-order valence-corrected chi connectivity index (χ3v) is 0. The fourth-order valence-electron chi connectivity index (χ4n) is 0. The van der Waals surface area contributed by atoms with Crippen LogP contribution in [-0.4, -0.2) is 0 Å². The zero-order valence-corrected chi connectivity index (χ0v) is 7.56. The Morgan fingerprint density at radius 3 is 0.833 bits per heavy atom. The van der Waals surface area contributed by atoms with E-state index in [4.69, 9.17) is 23.7 Å². The van der Waals surface area contributed by atoms with Crippen LogP contribution in [0.4, 0.5) is 0 Å². The van der Waals surface area contributed by atoms with Crippen LogP contribution in [0.15, 0.2) is 0 Å². The largest absolute Gasteiger partial charge is 2.00 e. The van der Waals surface area contributed by atoms with Gasteiger partial charge in [0.05, 0.1) is 0 Å². The first-order chi connectivity index (χ1) is 2.00. The predicted octanol–water partition coefficient (Wildman–Crippen LogP) is 0.190. The Bertz CT molecular complexity index is 27.0. The molecule has 0 amide bonds. The van der Waals surface area contributed by atoms with Crippen molar-refractivity contribution in [2.24, 2.45) is 0 Å². The summed E-state index contributed by atoms with van der Waals surface area (Å²) >= 11 is 0. The third kappa shape index (κ3) is 133. The molecular formula is C2FeLaN2. The van der Waals surface area contributed by atoms with Crippen molar-refractivity contribution >= 4 is 0 Å². The van der Waals surface area contributed by atoms with Gasteiger partial charge in [-0.3, -0.25) is 0 Å². The monoisotopic (exact) mass is 247 g/mol. The fraction of sp³-hybridized carbons (Fsp3) is 0. The molecule has 0 spiro atoms. The summed E-state index contributed by atoms with van der Waals surface area (Å²) in [7, 11) is 0. The first kappa shape index (κ1) is 29.9. The van der Waals surface area contributed by atoms with Gasteiger partial charge in [-0.05, 0) is 0 Å². The van der Waals surface area contributed by atoms with E-state index < -0.39 is 0 Å². The Kier molecular flexibility index (Phi) is 1300. The first-order valence-corrected chi connectivity index (χ1v) is 0.447. The summed E-state index contributed by atoms with van der Waals surface area (Å²) in [4.78, 5) is 0. The number of hydrogen-bond acceptors (Lipinski definition) is 2. The molecule has 0 N–H and O–H groups in total. The molecule has 0 heterocycles. The van der Waals surface area contributed by atoms with Crippen molar-refractivity contribution in [3.63, 3.8) is 0 Å². The van der Waals surface area contributed by atoms with Crippen molar-refractivity contribution in [1.82, 2.24) is 0 Å². The Morgan fingerprint density at radius 1 is 0.833 bits per heavy atom. The number of nitrogens with zero attached hydrogens (tertiary/aromatic N) is 2. The van der Waals surface area contributed by atoms with Gasteiger partial charge in [0, 0.05) is 35.6 Å². The summed E-state index contributed by atoms with van der Waals surface area (Å²) in [5.74, 6) is 0. The van der Waals surface area contributed by atoms with E-state index in [2.05, 4.69) is 0 Å². The number of rotatable bonds is 0. The van der Waals surface area contributed by atoms with Crippen molar-refractivity contribution in [1.29, 1.82) is 10.5 Å². The molecule has 0 aliphatic heterocycles. The molecule has 0 saturated carbocycles. The van der Waals surface area contributed by atoms with E-state index in [0.717, 1.165) is 0 Å². The van der Waals surface area contributed by atoms with Gasteiger partial charge in [0.15, 0.2) is 0 Å². The summed E-state index contributed by atoms with van der Waals surface area (Å²) in [6.07, 6.45) is 0. The van der Waals surface area contributed by atoms with Crippen LogP contribution < -0.4 is 0 Å². The minimum absolute atomic E-state index is 0. The fourth-order valence-corrected chi connectivity index (χ4v) is 0. The quantitative estimate of drug-likeness (QED) is 0.453. The van der Waals surface area contributed by atoms with Crippen LogP contribution in [0.5, 0.6) is 0 Å². The van der Waals surface area contributed by atoms with Crippen molar-refractivity contribution in [3.05, 3.63) is 13.1 Å². The van der Waals surface area contributed by atoms with Crippen LogP contribution in [0.1, 0.15) is 0 Å². The molecule has 0 unspecified atom stereocenters. The molecule has 0 aromatic carbocycles. The molecule has 0 aromatic heterocycles. The minimum atomic E-state index is 0. The van der Waals surface area contributed by atoms with Gasteiger partial charge in [-0.2, -0.15) is 0 Å². The van der Waals surface area contributed by atoms with Crippen molar-refractivity contribution in [2.75, 3.05) is 0 Å². The average Bonchev–Trinajstić information content (AvgIpc) is 1.50. The zero-order valence-electron chi connectivity index (χ0n) is 2.83. The van der Waals surface area contributed by atoms with E-state index >= 15 is 0 Å². The second kappa shape index (κ2) is 260. The third-order valence-electron chi connectivity index (χ3n) is 0. The van der Waals surface area contributed by atoms with Crippen molar-refractivity contribution in [2.45, 2.75) is 0 Å². The molecule has 0 rings (SSSR count). The van der Waals surface area contributed by atoms with Crippen LogP contribution in [0.2, 0.25) is 0 Å². The molecular weight excluding hydrogens is 247 g/mol. The van der Waals surface area contributed by atoms with Gasteiger partial charge < -0.3 is 23.7 Å². The molecule has 0 bridgehead atoms. The van der Waals surface area contributed by atoms with Crippen LogP contribution in [0, 0.1) is 59.3 Å². The van der Waals surface area contributed by atoms with Gasteiger partial charge in [-0.1, -0.05) is 0 Å². The maximum atomic E-state index is 6.25. The van der Waals surface area contributed by atoms with Crippen LogP contribution in [-0.2, 0) is 17.1 Å². The Balaban J connectivity index is -0.00000000500. The molecule has 4 heteroatoms. The predicted molar refractivity (Wildman–Crippen MR) is 9.94 cm³/mol. The van der Waals surface area contributed by atoms with Gasteiger partial charge >= 0.3 is 17.1 Å². The maximum absolute atomic E-state index is 6.25. The molecule has 0 atom stereocenters. The van der Waals surface area contributed by atoms with Gasteiger partial charge in [0.2, 0.25) is 0 Å². The molecule has 0 saturated heterocycles. The topological polar surface area (TPSA) is 47.6 Å². The molecule has 0 aromatic rings. The SMILES string of the molecule is [C-]#N.[C-]#N.[Fe+2].[La]. The Labute approximate surface area is 75.6 Å². The molecule has 29 valence electrons. The zero-order chi connectivity index (χ0) is 4.00. The van der Waals surface area contributed by atoms with Crippen LogP contribution in [0.25, 0.3) is 0 Å². The summed E-state index contributed by atoms with van der Waals surface area (Å²) in [5, 5.41) is 12.5. The van der Waals surface area contributed by atoms with E-state index in [1.165, 1.54) is 0 Å². The smallest absolute Gasteiger partial charge is 0.512 e. The average molecular weight is 247 g/mol. The van der Waals surface area contributed by atoms with Crippen molar-refractivity contribution in [3.8, 4) is 0 Å². The van der Waals surface area contributed by atoms with E-state index in [1.54, 1.807) is 0 Å². The molecule has 6 heavy (non-hydrogen) atoms. The van der Waals surface area contributed by atoms with Gasteiger partial charge in [0.25, 0.3) is 0 Å². The normalized spacial score (nSPS) is 0.667. The standard InChI is InChI=1S/2CN.Fe.La/c2*1-2;;/q2*-1;+2;. The van der Waals surface area contributed by atoms with Crippen LogP contribution >= 0.6 is 0 Å². The molecule has 2 nitrogen and oxygen atoms in total. The van der Waals surface area contributed by atoms with E-state index in [9.17, 15) is 0 Å². The summed E-state index contributed by atoms with van der Waals surface area (Å²) < 4.78 is 0. The van der Waals surface area contributed by atoms with Gasteiger partial charge in [0.1, 0.15) is 0 Å². The van der Waals surface area contributed by atoms with Gasteiger partial charge in [-0.15, -0.1) is 0 Å². The maximum Gasteiger partial charge on any atom is 2.00 e.